The van der Waals surface area contributed by atoms with Gasteiger partial charge in [-0.3, -0.25) is 4.79 Å². The van der Waals surface area contributed by atoms with E-state index in [2.05, 4.69) is 5.32 Å². The molecule has 0 aromatic carbocycles. The van der Waals surface area contributed by atoms with Crippen molar-refractivity contribution in [2.24, 2.45) is 0 Å². The second kappa shape index (κ2) is 6.38. The maximum Gasteiger partial charge on any atom is 0.261 e. The van der Waals surface area contributed by atoms with E-state index in [1.165, 1.54) is 6.08 Å². The van der Waals surface area contributed by atoms with E-state index in [9.17, 15) is 4.79 Å². The van der Waals surface area contributed by atoms with Crippen molar-refractivity contribution in [3.05, 3.63) is 11.6 Å². The maximum atomic E-state index is 11.0. The van der Waals surface area contributed by atoms with Crippen molar-refractivity contribution in [1.82, 2.24) is 5.32 Å². The molecular formula is C8H12N2O2. The highest BCUT2D eigenvalue weighted by molar-refractivity contribution is 5.97. The Balaban J connectivity index is 3.81. The van der Waals surface area contributed by atoms with Crippen molar-refractivity contribution in [3.63, 3.8) is 0 Å². The van der Waals surface area contributed by atoms with E-state index < -0.39 is 0 Å². The highest BCUT2D eigenvalue weighted by atomic mass is 16.5. The Morgan fingerprint density at radius 2 is 2.42 bits per heavy atom. The maximum absolute atomic E-state index is 11.0. The summed E-state index contributed by atoms with van der Waals surface area (Å²) in [7, 11) is 1.55. The molecule has 0 heterocycles. The van der Waals surface area contributed by atoms with Gasteiger partial charge in [0.05, 0.1) is 6.61 Å². The van der Waals surface area contributed by atoms with E-state index in [-0.39, 0.29) is 11.5 Å². The summed E-state index contributed by atoms with van der Waals surface area (Å²) in [6.07, 6.45) is 1.47. The van der Waals surface area contributed by atoms with Crippen LogP contribution in [0.5, 0.6) is 0 Å². The molecule has 1 amide bonds. The number of nitrogens with zero attached hydrogens (tertiary/aromatic N) is 1. The van der Waals surface area contributed by atoms with Gasteiger partial charge in [-0.1, -0.05) is 6.08 Å². The molecule has 0 saturated carbocycles. The van der Waals surface area contributed by atoms with Crippen molar-refractivity contribution in [3.8, 4) is 6.07 Å². The van der Waals surface area contributed by atoms with Crippen LogP contribution in [0, 0.1) is 11.3 Å². The summed E-state index contributed by atoms with van der Waals surface area (Å²) < 4.78 is 4.72. The van der Waals surface area contributed by atoms with Gasteiger partial charge in [-0.25, -0.2) is 0 Å². The molecule has 12 heavy (non-hydrogen) atoms. The third-order valence-electron chi connectivity index (χ3n) is 1.25. The molecule has 0 radical (unpaired) electrons. The third-order valence-corrected chi connectivity index (χ3v) is 1.25. The predicted octanol–water partition coefficient (Wildman–Crippen LogP) is 0.219. The Hall–Kier alpha value is -1.34. The second-order valence-corrected chi connectivity index (χ2v) is 2.06. The molecule has 0 aliphatic heterocycles. The summed E-state index contributed by atoms with van der Waals surface area (Å²) in [4.78, 5) is 11.0. The largest absolute Gasteiger partial charge is 0.383 e. The third kappa shape index (κ3) is 3.74. The Labute approximate surface area is 71.8 Å². The van der Waals surface area contributed by atoms with Gasteiger partial charge in [0.1, 0.15) is 11.6 Å². The van der Waals surface area contributed by atoms with E-state index >= 15 is 0 Å². The monoisotopic (exact) mass is 168 g/mol. The molecule has 66 valence electrons. The van der Waals surface area contributed by atoms with Crippen molar-refractivity contribution in [1.29, 1.82) is 5.26 Å². The average Bonchev–Trinajstić information content (AvgIpc) is 2.07. The zero-order valence-corrected chi connectivity index (χ0v) is 7.26. The van der Waals surface area contributed by atoms with Crippen LogP contribution in [0.4, 0.5) is 0 Å². The molecular weight excluding hydrogens is 156 g/mol. The van der Waals surface area contributed by atoms with Crippen molar-refractivity contribution < 1.29 is 9.53 Å². The first-order chi connectivity index (χ1) is 5.76. The molecule has 4 heteroatoms. The van der Waals surface area contributed by atoms with Crippen LogP contribution in [0.1, 0.15) is 6.92 Å². The van der Waals surface area contributed by atoms with Gasteiger partial charge in [0.2, 0.25) is 0 Å². The summed E-state index contributed by atoms with van der Waals surface area (Å²) in [5.41, 5.74) is 0.131. The smallest absolute Gasteiger partial charge is 0.261 e. The lowest BCUT2D eigenvalue weighted by atomic mass is 10.2. The van der Waals surface area contributed by atoms with E-state index in [4.69, 9.17) is 10.00 Å². The zero-order chi connectivity index (χ0) is 9.40. The van der Waals surface area contributed by atoms with E-state index in [1.54, 1.807) is 20.1 Å². The fraction of sp³-hybridized carbons (Fsp3) is 0.500. The topological polar surface area (TPSA) is 62.1 Å². The van der Waals surface area contributed by atoms with Crippen LogP contribution >= 0.6 is 0 Å². The highest BCUT2D eigenvalue weighted by Crippen LogP contribution is 1.89. The van der Waals surface area contributed by atoms with Gasteiger partial charge < -0.3 is 10.1 Å². The molecule has 0 bridgehead atoms. The Morgan fingerprint density at radius 1 is 1.75 bits per heavy atom. The molecule has 0 rings (SSSR count). The molecule has 0 saturated heterocycles. The molecule has 0 aromatic heterocycles. The minimum Gasteiger partial charge on any atom is -0.383 e. The number of carbonyl (C=O) groups excluding carboxylic acids is 1. The van der Waals surface area contributed by atoms with Gasteiger partial charge in [-0.15, -0.1) is 0 Å². The minimum atomic E-state index is -0.350. The van der Waals surface area contributed by atoms with E-state index in [1.807, 2.05) is 0 Å². The van der Waals surface area contributed by atoms with Crippen LogP contribution < -0.4 is 5.32 Å². The molecule has 0 aliphatic carbocycles. The zero-order valence-electron chi connectivity index (χ0n) is 7.26. The van der Waals surface area contributed by atoms with Gasteiger partial charge in [-0.05, 0) is 6.92 Å². The van der Waals surface area contributed by atoms with Crippen LogP contribution in [0.25, 0.3) is 0 Å². The summed E-state index contributed by atoms with van der Waals surface area (Å²) in [5, 5.41) is 11.0. The Bertz CT molecular complexity index is 216. The number of nitrogens with one attached hydrogen (secondary N) is 1. The fourth-order valence-electron chi connectivity index (χ4n) is 0.608. The molecule has 4 nitrogen and oxygen atoms in total. The van der Waals surface area contributed by atoms with Gasteiger partial charge in [-0.2, -0.15) is 5.26 Å². The average molecular weight is 168 g/mol. The number of amides is 1. The van der Waals surface area contributed by atoms with Gasteiger partial charge >= 0.3 is 0 Å². The molecule has 0 spiro atoms. The number of hydrogen-bond acceptors (Lipinski definition) is 3. The molecule has 0 atom stereocenters. The van der Waals surface area contributed by atoms with Crippen molar-refractivity contribution >= 4 is 5.91 Å². The molecule has 1 N–H and O–H groups in total. The van der Waals surface area contributed by atoms with Crippen LogP contribution in [-0.4, -0.2) is 26.2 Å². The number of nitriles is 1. The Morgan fingerprint density at radius 3 is 2.83 bits per heavy atom. The van der Waals surface area contributed by atoms with Crippen molar-refractivity contribution in [2.45, 2.75) is 6.92 Å². The molecule has 0 aromatic rings. The number of hydrogen-bond donors (Lipinski definition) is 1. The number of allylic oxidation sites excluding steroid dienone is 1. The van der Waals surface area contributed by atoms with Crippen molar-refractivity contribution in [2.75, 3.05) is 20.3 Å². The number of carbonyl (C=O) groups is 1. The second-order valence-electron chi connectivity index (χ2n) is 2.06. The Kier molecular flexibility index (Phi) is 5.66. The molecule has 0 fully saturated rings. The number of methoxy groups -OCH3 is 1. The van der Waals surface area contributed by atoms with E-state index in [0.717, 1.165) is 0 Å². The first-order valence-electron chi connectivity index (χ1n) is 3.59. The highest BCUT2D eigenvalue weighted by Gasteiger charge is 2.04. The first kappa shape index (κ1) is 10.7. The summed E-state index contributed by atoms with van der Waals surface area (Å²) >= 11 is 0. The van der Waals surface area contributed by atoms with E-state index in [0.29, 0.717) is 13.2 Å². The number of ether oxygens (including phenoxy) is 1. The van der Waals surface area contributed by atoms with Gasteiger partial charge in [0.15, 0.2) is 0 Å². The summed E-state index contributed by atoms with van der Waals surface area (Å²) in [6, 6.07) is 1.79. The SMILES string of the molecule is C/C=C(\C#N)C(=O)NCCOC. The fourth-order valence-corrected chi connectivity index (χ4v) is 0.608. The quantitative estimate of drug-likeness (QED) is 0.371. The van der Waals surface area contributed by atoms with Crippen LogP contribution in [0.3, 0.4) is 0 Å². The van der Waals surface area contributed by atoms with Gasteiger partial charge in [0, 0.05) is 13.7 Å². The van der Waals surface area contributed by atoms with Crippen LogP contribution in [-0.2, 0) is 9.53 Å². The lowest BCUT2D eigenvalue weighted by molar-refractivity contribution is -0.117. The molecule has 0 unspecified atom stereocenters. The predicted molar refractivity (Wildman–Crippen MR) is 44.3 cm³/mol. The first-order valence-corrected chi connectivity index (χ1v) is 3.59. The standard InChI is InChI=1S/C8H12N2O2/c1-3-7(6-9)8(11)10-4-5-12-2/h3H,4-5H2,1-2H3,(H,10,11)/b7-3+. The summed E-state index contributed by atoms with van der Waals surface area (Å²) in [5.74, 6) is -0.350. The van der Waals surface area contributed by atoms with Crippen LogP contribution in [0.15, 0.2) is 11.6 Å². The normalized spacial score (nSPS) is 10.6. The number of rotatable bonds is 4. The molecule has 0 aliphatic rings. The van der Waals surface area contributed by atoms with Crippen LogP contribution in [0.2, 0.25) is 0 Å². The lowest BCUT2D eigenvalue weighted by Crippen LogP contribution is -2.27. The summed E-state index contributed by atoms with van der Waals surface area (Å²) in [6.45, 7) is 2.52. The minimum absolute atomic E-state index is 0.131. The lowest BCUT2D eigenvalue weighted by Gasteiger charge is -2.01. The van der Waals surface area contributed by atoms with Gasteiger partial charge in [0.25, 0.3) is 5.91 Å².